The third-order valence-electron chi connectivity index (χ3n) is 21.6. The van der Waals surface area contributed by atoms with Crippen LogP contribution in [0.3, 0.4) is 0 Å². The number of carbonyl (C=O) groups is 10. The summed E-state index contributed by atoms with van der Waals surface area (Å²) in [5, 5.41) is 27.8. The predicted octanol–water partition coefficient (Wildman–Crippen LogP) is 19.0. The van der Waals surface area contributed by atoms with Gasteiger partial charge in [0.15, 0.2) is 40.3 Å². The van der Waals surface area contributed by atoms with E-state index in [1.165, 1.54) is 69.5 Å². The van der Waals surface area contributed by atoms with E-state index in [1.54, 1.807) is 166 Å². The molecule has 34 nitrogen and oxygen atoms in total. The number of methoxy groups -OCH3 is 4. The molecule has 2 aliphatic rings. The van der Waals surface area contributed by atoms with Gasteiger partial charge in [-0.2, -0.15) is 0 Å². The van der Waals surface area contributed by atoms with Gasteiger partial charge in [-0.1, -0.05) is 64.6 Å². The zero-order chi connectivity index (χ0) is 104. The number of nitrogens with zero attached hydrogens (tertiary/aromatic N) is 8. The summed E-state index contributed by atoms with van der Waals surface area (Å²) in [6.45, 7) is 5.12. The summed E-state index contributed by atoms with van der Waals surface area (Å²) in [5.41, 5.74) is 7.63. The maximum absolute atomic E-state index is 13.1. The Bertz CT molecular complexity index is 6580. The Kier molecular flexibility index (Phi) is 44.5. The highest BCUT2D eigenvalue weighted by Crippen LogP contribution is 2.39. The van der Waals surface area contributed by atoms with E-state index in [0.29, 0.717) is 219 Å². The third kappa shape index (κ3) is 35.0. The second kappa shape index (κ2) is 58.0. The molecule has 0 atom stereocenters. The van der Waals surface area contributed by atoms with Gasteiger partial charge in [-0.25, -0.2) is 19.9 Å². The van der Waals surface area contributed by atoms with Crippen molar-refractivity contribution in [1.29, 1.82) is 0 Å². The Morgan fingerprint density at radius 3 is 1.11 bits per heavy atom. The number of unbranched alkanes of at least 4 members (excludes halogenated alkanes) is 4. The maximum atomic E-state index is 13.1. The number of halogens is 4. The van der Waals surface area contributed by atoms with E-state index in [0.717, 1.165) is 29.5 Å². The highest BCUT2D eigenvalue weighted by molar-refractivity contribution is 7.15. The predicted molar refractivity (Wildman–Crippen MR) is 569 cm³/mol. The number of anilines is 6. The van der Waals surface area contributed by atoms with E-state index in [9.17, 15) is 47.9 Å². The lowest BCUT2D eigenvalue weighted by atomic mass is 10.1. The first-order chi connectivity index (χ1) is 70.6. The van der Waals surface area contributed by atoms with Crippen LogP contribution in [0.2, 0.25) is 20.1 Å². The van der Waals surface area contributed by atoms with Crippen molar-refractivity contribution in [1.82, 2.24) is 39.5 Å². The second-order valence-corrected chi connectivity index (χ2v) is 37.1. The van der Waals surface area contributed by atoms with Crippen LogP contribution in [-0.2, 0) is 43.0 Å². The molecule has 0 aliphatic carbocycles. The summed E-state index contributed by atoms with van der Waals surface area (Å²) in [6, 6.07) is 46.0. The van der Waals surface area contributed by atoms with Gasteiger partial charge < -0.3 is 77.6 Å². The Balaban J connectivity index is 0.000000187. The van der Waals surface area contributed by atoms with Gasteiger partial charge in [0, 0.05) is 150 Å². The van der Waals surface area contributed by atoms with Gasteiger partial charge in [-0.3, -0.25) is 69.2 Å². The molecular formula is C104H106Cl4N14O20S4. The van der Waals surface area contributed by atoms with Crippen LogP contribution in [0.1, 0.15) is 99.2 Å². The minimum atomic E-state index is -0.433. The molecule has 42 heteroatoms. The van der Waals surface area contributed by atoms with E-state index < -0.39 is 11.8 Å². The quantitative estimate of drug-likeness (QED) is 0.0118. The summed E-state index contributed by atoms with van der Waals surface area (Å²) in [6.07, 6.45) is 15.3. The zero-order valence-corrected chi connectivity index (χ0v) is 87.0. The van der Waals surface area contributed by atoms with Crippen molar-refractivity contribution in [2.75, 3.05) is 174 Å². The monoisotopic (exact) mass is 2140 g/mol. The van der Waals surface area contributed by atoms with E-state index in [2.05, 4.69) is 68.4 Å². The highest BCUT2D eigenvalue weighted by atomic mass is 35.5. The van der Waals surface area contributed by atoms with Crippen LogP contribution in [-0.4, -0.2) is 240 Å². The van der Waals surface area contributed by atoms with E-state index in [1.807, 2.05) is 64.5 Å². The summed E-state index contributed by atoms with van der Waals surface area (Å²) in [4.78, 5) is 149. The largest absolute Gasteiger partial charge is 0.497 e. The first-order valence-corrected chi connectivity index (χ1v) is 50.6. The van der Waals surface area contributed by atoms with Crippen LogP contribution in [0.4, 0.5) is 31.9 Å². The molecule has 146 heavy (non-hydrogen) atoms. The lowest BCUT2D eigenvalue weighted by Gasteiger charge is -2.26. The van der Waals surface area contributed by atoms with Crippen molar-refractivity contribution in [3.05, 3.63) is 228 Å². The number of carbonyl (C=O) groups excluding carboxylic acids is 10. The highest BCUT2D eigenvalue weighted by Gasteiger charge is 2.26. The minimum absolute atomic E-state index is 0.0612. The molecule has 8 aromatic carbocycles. The molecule has 0 saturated carbocycles. The summed E-state index contributed by atoms with van der Waals surface area (Å²) < 4.78 is 53.4. The van der Waals surface area contributed by atoms with Gasteiger partial charge in [0.05, 0.1) is 111 Å². The van der Waals surface area contributed by atoms with E-state index >= 15 is 0 Å². The van der Waals surface area contributed by atoms with Crippen LogP contribution in [0, 0.1) is 24.7 Å². The van der Waals surface area contributed by atoms with Gasteiger partial charge in [-0.15, -0.1) is 70.0 Å². The maximum Gasteiger partial charge on any atom is 0.306 e. The number of hydrogen-bond donors (Lipinski definition) is 6. The number of esters is 1. The van der Waals surface area contributed by atoms with Gasteiger partial charge in [0.25, 0.3) is 41.4 Å². The molecule has 0 radical (unpaired) electrons. The smallest absolute Gasteiger partial charge is 0.306 e. The van der Waals surface area contributed by atoms with E-state index in [-0.39, 0.29) is 108 Å². The summed E-state index contributed by atoms with van der Waals surface area (Å²) in [5.74, 6) is 6.10. The Morgan fingerprint density at radius 2 is 0.753 bits per heavy atom. The van der Waals surface area contributed by atoms with Crippen LogP contribution >= 0.6 is 91.8 Å². The lowest BCUT2D eigenvalue weighted by Crippen LogP contribution is -2.43. The van der Waals surface area contributed by atoms with Gasteiger partial charge in [0.2, 0.25) is 11.8 Å². The number of morpholine rings is 2. The fraction of sp³-hybridized carbons (Fsp3) is 0.288. The number of likely N-dealkylation sites (N-methyl/N-ethyl adjacent to an activating group) is 2. The number of nitrogens with one attached hydrogen (secondary N) is 6. The molecule has 12 aromatic rings. The Hall–Kier alpha value is -14.3. The number of rotatable bonds is 41. The minimum Gasteiger partial charge on any atom is -0.497 e. The first kappa shape index (κ1) is 112. The number of hydrogen-bond acceptors (Lipinski definition) is 29. The number of amides is 9. The molecule has 14 rings (SSSR count). The number of benzene rings is 8. The average molecular weight is 2140 g/mol. The third-order valence-corrected chi connectivity index (χ3v) is 25.9. The Morgan fingerprint density at radius 1 is 0.397 bits per heavy atom. The molecule has 2 aliphatic heterocycles. The first-order valence-electron chi connectivity index (χ1n) is 45.6. The molecule has 4 aromatic heterocycles. The van der Waals surface area contributed by atoms with Crippen LogP contribution < -0.4 is 65.1 Å². The molecule has 0 bridgehead atoms. The summed E-state index contributed by atoms with van der Waals surface area (Å²) >= 11 is 30.4. The summed E-state index contributed by atoms with van der Waals surface area (Å²) in [7, 11) is 11.3. The Labute approximate surface area is 880 Å². The number of ether oxygens (including phenoxy) is 10. The fourth-order valence-electron chi connectivity index (χ4n) is 13.5. The van der Waals surface area contributed by atoms with Crippen molar-refractivity contribution >= 4 is 183 Å². The zero-order valence-electron chi connectivity index (χ0n) is 80.7. The van der Waals surface area contributed by atoms with Crippen LogP contribution in [0.25, 0.3) is 45.0 Å². The van der Waals surface area contributed by atoms with Gasteiger partial charge >= 0.3 is 5.97 Å². The van der Waals surface area contributed by atoms with Crippen molar-refractivity contribution in [2.24, 2.45) is 0 Å². The molecule has 6 N–H and O–H groups in total. The normalized spacial score (nSPS) is 11.8. The molecule has 9 amide bonds. The SMILES string of the molecule is C#CCCCCC(=O)Nc1cc(C(=O)Nc2nc(-c3ccc(OC)cc3Cl)cs2)ccc1OCC(=O)N1CCOCC1.C#CCCCCC(=O)Nc1cc(C(=O)Nc2nc(-c3ccccc3Cl)cs2)ccc1OCC(=O)N1CCOCC1.COC(=O)CCN(C)CCOc1ccc(C(=O)Nc2nc(-c3ccc(OC)cc3Cl)cs2)cc1.COc1ccc(-c2csc(NC(=O)c3ccc(OCC(=O)N(C)C)cc3)n2)c(Cl)c1. The van der Waals surface area contributed by atoms with E-state index in [4.69, 9.17) is 102 Å². The molecule has 0 unspecified atom stereocenters. The lowest BCUT2D eigenvalue weighted by molar-refractivity contribution is -0.141. The van der Waals surface area contributed by atoms with Crippen LogP contribution in [0.15, 0.2) is 185 Å². The van der Waals surface area contributed by atoms with Crippen molar-refractivity contribution in [3.8, 4) is 110 Å². The number of aromatic nitrogens is 4. The molecule has 6 heterocycles. The van der Waals surface area contributed by atoms with Gasteiger partial charge in [-0.05, 0) is 178 Å². The fourth-order valence-corrected chi connectivity index (χ4v) is 17.3. The van der Waals surface area contributed by atoms with Crippen molar-refractivity contribution in [2.45, 2.75) is 57.8 Å². The molecular weight excluding hydrogens is 2040 g/mol. The van der Waals surface area contributed by atoms with Crippen molar-refractivity contribution < 1.29 is 95.3 Å². The molecule has 2 fully saturated rings. The molecule has 0 spiro atoms. The van der Waals surface area contributed by atoms with Gasteiger partial charge in [0.1, 0.15) is 46.9 Å². The topological polar surface area (TPSA) is 400 Å². The molecule has 764 valence electrons. The average Bonchev–Trinajstić information content (AvgIpc) is 1.61. The standard InChI is InChI=1S/C30H31ClN4O6S.C29H29ClN4O5S.C24H26ClN3O5S.C21H20ClN3O4S/c1-3-4-5-6-7-27(36)32-24-16-20(8-11-26(24)41-18-28(37)35-12-14-40-15-13-35)29(38)34-30-33-25(19-42-30)22-10-9-21(39-2)17-23(22)31;1-2-3-4-5-10-26(35)31-23-17-20(11-12-25(23)39-18-27(36)34-13-15-38-16-14-34)28(37)33-29-32-24(19-40-29)21-8-6-7-9-22(21)30;1-28(11-10-22(29)32-3)12-13-33-17-6-4-16(5-7-17)23(30)27-24-26-21(15-34-24)19-9-8-18(31-2)14-20(19)25;1-25(2)19(26)11-29-14-6-4-13(5-7-14)20(27)24-21-23-18(12-30-21)16-9-8-15(28-3)10-17(16)22/h1,8-11,16-17,19H,4-7,12-15,18H2,2H3,(H,32,36)(H,33,34,38);1,6-9,11-12,17,19H,3-5,10,13-16,18H2,(H,31,35)(H,32,33,37);4-9,14-15H,10-13H2,1-3H3,(H,26,27,30);4-10,12H,11H2,1-3H3,(H,23,24,27). The molecule has 2 saturated heterocycles. The second-order valence-electron chi connectivity index (χ2n) is 32.0. The number of terminal acetylenes is 2. The number of thiazole rings is 4. The van der Waals surface area contributed by atoms with Crippen LogP contribution in [0.5, 0.6) is 40.2 Å². The van der Waals surface area contributed by atoms with Crippen molar-refractivity contribution in [3.63, 3.8) is 0 Å².